The second-order valence-electron chi connectivity index (χ2n) is 4.90. The quantitative estimate of drug-likeness (QED) is 0.390. The summed E-state index contributed by atoms with van der Waals surface area (Å²) in [7, 11) is 0. The zero-order chi connectivity index (χ0) is 16.9. The first-order chi connectivity index (χ1) is 11.6. The standard InChI is InChI=1S/C17H12Cl2N4S/c18-13-4-6-16(14(19)9-13)22-17(24)23-21-10-11-3-5-15-12(8-11)2-1-7-20-15/h1-10H,(H2,22,23,24)/b21-10+. The molecule has 1 aromatic heterocycles. The Labute approximate surface area is 154 Å². The minimum absolute atomic E-state index is 0.331. The summed E-state index contributed by atoms with van der Waals surface area (Å²) in [5.74, 6) is 0. The van der Waals surface area contributed by atoms with Crippen LogP contribution in [0.3, 0.4) is 0 Å². The number of halogens is 2. The summed E-state index contributed by atoms with van der Waals surface area (Å²) in [5, 5.41) is 9.51. The number of pyridine rings is 1. The van der Waals surface area contributed by atoms with E-state index in [1.165, 1.54) is 0 Å². The third kappa shape index (κ3) is 4.20. The molecule has 0 spiro atoms. The van der Waals surface area contributed by atoms with Gasteiger partial charge in [0, 0.05) is 16.6 Å². The highest BCUT2D eigenvalue weighted by Gasteiger charge is 2.02. The molecule has 0 amide bonds. The first kappa shape index (κ1) is 16.6. The molecule has 1 heterocycles. The fourth-order valence-corrected chi connectivity index (χ4v) is 2.70. The minimum atomic E-state index is 0.331. The predicted octanol–water partition coefficient (Wildman–Crippen LogP) is 4.86. The number of aromatic nitrogens is 1. The molecule has 0 saturated heterocycles. The summed E-state index contributed by atoms with van der Waals surface area (Å²) in [6.45, 7) is 0. The number of anilines is 1. The van der Waals surface area contributed by atoms with Gasteiger partial charge in [-0.25, -0.2) is 0 Å². The molecule has 24 heavy (non-hydrogen) atoms. The first-order valence-electron chi connectivity index (χ1n) is 7.02. The molecule has 2 aromatic carbocycles. The van der Waals surface area contributed by atoms with Crippen molar-refractivity contribution in [1.82, 2.24) is 10.4 Å². The Kier molecular flexibility index (Phi) is 5.25. The number of hydrogen-bond donors (Lipinski definition) is 2. The smallest absolute Gasteiger partial charge is 0.191 e. The predicted molar refractivity (Wildman–Crippen MR) is 105 cm³/mol. The maximum absolute atomic E-state index is 6.08. The van der Waals surface area contributed by atoms with E-state index in [-0.39, 0.29) is 0 Å². The fourth-order valence-electron chi connectivity index (χ4n) is 2.08. The average Bonchev–Trinajstić information content (AvgIpc) is 2.57. The Hall–Kier alpha value is -2.21. The Balaban J connectivity index is 1.63. The zero-order valence-corrected chi connectivity index (χ0v) is 14.7. The molecule has 7 heteroatoms. The Morgan fingerprint density at radius 3 is 2.83 bits per heavy atom. The number of hydrogen-bond acceptors (Lipinski definition) is 3. The summed E-state index contributed by atoms with van der Waals surface area (Å²) in [6, 6.07) is 14.9. The van der Waals surface area contributed by atoms with Crippen LogP contribution in [0.25, 0.3) is 10.9 Å². The van der Waals surface area contributed by atoms with Gasteiger partial charge in [-0.1, -0.05) is 35.3 Å². The first-order valence-corrected chi connectivity index (χ1v) is 8.18. The van der Waals surface area contributed by atoms with Crippen LogP contribution in [0, 0.1) is 0 Å². The number of benzene rings is 2. The molecule has 0 atom stereocenters. The third-order valence-electron chi connectivity index (χ3n) is 3.19. The van der Waals surface area contributed by atoms with E-state index < -0.39 is 0 Å². The maximum atomic E-state index is 6.08. The number of hydrazone groups is 1. The highest BCUT2D eigenvalue weighted by molar-refractivity contribution is 7.80. The van der Waals surface area contributed by atoms with Crippen molar-refractivity contribution in [3.8, 4) is 0 Å². The normalized spacial score (nSPS) is 10.9. The Morgan fingerprint density at radius 1 is 1.12 bits per heavy atom. The SMILES string of the molecule is S=C(N/N=C/c1ccc2ncccc2c1)Nc1ccc(Cl)cc1Cl. The lowest BCUT2D eigenvalue weighted by Gasteiger charge is -2.08. The van der Waals surface area contributed by atoms with Gasteiger partial charge >= 0.3 is 0 Å². The van der Waals surface area contributed by atoms with Crippen LogP contribution in [-0.2, 0) is 0 Å². The van der Waals surface area contributed by atoms with Crippen molar-refractivity contribution in [2.45, 2.75) is 0 Å². The van der Waals surface area contributed by atoms with Crippen LogP contribution in [0.5, 0.6) is 0 Å². The van der Waals surface area contributed by atoms with Gasteiger partial charge in [-0.2, -0.15) is 5.10 Å². The number of rotatable bonds is 3. The third-order valence-corrected chi connectivity index (χ3v) is 3.93. The molecule has 0 aliphatic rings. The molecule has 0 radical (unpaired) electrons. The van der Waals surface area contributed by atoms with Crippen molar-refractivity contribution in [3.63, 3.8) is 0 Å². The topological polar surface area (TPSA) is 49.3 Å². The van der Waals surface area contributed by atoms with E-state index >= 15 is 0 Å². The second-order valence-corrected chi connectivity index (χ2v) is 6.16. The number of nitrogens with one attached hydrogen (secondary N) is 2. The lowest BCUT2D eigenvalue weighted by molar-refractivity contribution is 1.05. The fraction of sp³-hybridized carbons (Fsp3) is 0. The van der Waals surface area contributed by atoms with Gasteiger partial charge in [0.15, 0.2) is 5.11 Å². The van der Waals surface area contributed by atoms with Crippen LogP contribution < -0.4 is 10.7 Å². The van der Waals surface area contributed by atoms with Gasteiger partial charge in [0.25, 0.3) is 0 Å². The molecule has 0 aliphatic heterocycles. The van der Waals surface area contributed by atoms with Gasteiger partial charge < -0.3 is 5.32 Å². The molecule has 4 nitrogen and oxygen atoms in total. The van der Waals surface area contributed by atoms with Gasteiger partial charge in [0.2, 0.25) is 0 Å². The Morgan fingerprint density at radius 2 is 2.00 bits per heavy atom. The summed E-state index contributed by atoms with van der Waals surface area (Å²) in [6.07, 6.45) is 3.45. The molecule has 3 aromatic rings. The molecule has 3 rings (SSSR count). The van der Waals surface area contributed by atoms with Crippen LogP contribution in [0.15, 0.2) is 59.8 Å². The highest BCUT2D eigenvalue weighted by Crippen LogP contribution is 2.25. The molecular weight excluding hydrogens is 363 g/mol. The number of fused-ring (bicyclic) bond motifs is 1. The highest BCUT2D eigenvalue weighted by atomic mass is 35.5. The van der Waals surface area contributed by atoms with E-state index in [0.717, 1.165) is 16.5 Å². The summed E-state index contributed by atoms with van der Waals surface area (Å²) < 4.78 is 0. The lowest BCUT2D eigenvalue weighted by atomic mass is 10.1. The molecule has 2 N–H and O–H groups in total. The van der Waals surface area contributed by atoms with Crippen LogP contribution in [0.4, 0.5) is 5.69 Å². The van der Waals surface area contributed by atoms with Crippen LogP contribution >= 0.6 is 35.4 Å². The lowest BCUT2D eigenvalue weighted by Crippen LogP contribution is -2.24. The van der Waals surface area contributed by atoms with E-state index in [4.69, 9.17) is 35.4 Å². The average molecular weight is 375 g/mol. The largest absolute Gasteiger partial charge is 0.330 e. The van der Waals surface area contributed by atoms with Crippen molar-refractivity contribution in [2.75, 3.05) is 5.32 Å². The van der Waals surface area contributed by atoms with Gasteiger partial charge in [-0.05, 0) is 54.2 Å². The molecule has 0 bridgehead atoms. The van der Waals surface area contributed by atoms with E-state index in [9.17, 15) is 0 Å². The van der Waals surface area contributed by atoms with Gasteiger partial charge in [-0.15, -0.1) is 0 Å². The molecular formula is C17H12Cl2N4S. The van der Waals surface area contributed by atoms with E-state index in [1.54, 1.807) is 30.6 Å². The summed E-state index contributed by atoms with van der Waals surface area (Å²) in [5.41, 5.74) is 5.29. The van der Waals surface area contributed by atoms with Gasteiger partial charge in [0.05, 0.1) is 22.4 Å². The monoisotopic (exact) mass is 374 g/mol. The van der Waals surface area contributed by atoms with E-state index in [1.807, 2.05) is 30.3 Å². The molecule has 0 fully saturated rings. The van der Waals surface area contributed by atoms with Crippen molar-refractivity contribution in [2.24, 2.45) is 5.10 Å². The van der Waals surface area contributed by atoms with Crippen LogP contribution in [-0.4, -0.2) is 16.3 Å². The van der Waals surface area contributed by atoms with Gasteiger partial charge in [0.1, 0.15) is 0 Å². The van der Waals surface area contributed by atoms with Crippen LogP contribution in [0.1, 0.15) is 5.56 Å². The van der Waals surface area contributed by atoms with Crippen molar-refractivity contribution < 1.29 is 0 Å². The molecule has 0 aliphatic carbocycles. The van der Waals surface area contributed by atoms with Crippen molar-refractivity contribution in [1.29, 1.82) is 0 Å². The van der Waals surface area contributed by atoms with Crippen LogP contribution in [0.2, 0.25) is 10.0 Å². The van der Waals surface area contributed by atoms with E-state index in [0.29, 0.717) is 20.8 Å². The zero-order valence-electron chi connectivity index (χ0n) is 12.3. The molecule has 120 valence electrons. The summed E-state index contributed by atoms with van der Waals surface area (Å²) in [4.78, 5) is 4.28. The minimum Gasteiger partial charge on any atom is -0.330 e. The number of nitrogens with zero attached hydrogens (tertiary/aromatic N) is 2. The van der Waals surface area contributed by atoms with Crippen molar-refractivity contribution in [3.05, 3.63) is 70.3 Å². The second kappa shape index (κ2) is 7.57. The van der Waals surface area contributed by atoms with Gasteiger partial charge in [-0.3, -0.25) is 10.4 Å². The maximum Gasteiger partial charge on any atom is 0.191 e. The van der Waals surface area contributed by atoms with E-state index in [2.05, 4.69) is 20.8 Å². The number of thiocarbonyl (C=S) groups is 1. The molecule has 0 unspecified atom stereocenters. The van der Waals surface area contributed by atoms with Crippen molar-refractivity contribution >= 4 is 63.3 Å². The summed E-state index contributed by atoms with van der Waals surface area (Å²) >= 11 is 17.1. The Bertz CT molecular complexity index is 927. The molecule has 0 saturated carbocycles.